The molecule has 7 nitrogen and oxygen atoms in total. The van der Waals surface area contributed by atoms with Crippen LogP contribution in [-0.2, 0) is 13.6 Å². The Morgan fingerprint density at radius 1 is 1.16 bits per heavy atom. The van der Waals surface area contributed by atoms with Crippen LogP contribution in [0.25, 0.3) is 10.9 Å². The highest BCUT2D eigenvalue weighted by Crippen LogP contribution is 2.21. The van der Waals surface area contributed by atoms with Gasteiger partial charge in [0, 0.05) is 45.0 Å². The maximum atomic E-state index is 12.1. The summed E-state index contributed by atoms with van der Waals surface area (Å²) in [6.07, 6.45) is 1.58. The van der Waals surface area contributed by atoms with Crippen molar-refractivity contribution in [2.24, 2.45) is 7.05 Å². The van der Waals surface area contributed by atoms with Gasteiger partial charge >= 0.3 is 0 Å². The van der Waals surface area contributed by atoms with Crippen LogP contribution in [0.4, 0.5) is 5.69 Å². The number of hydrogen-bond acceptors (Lipinski definition) is 6. The van der Waals surface area contributed by atoms with Crippen molar-refractivity contribution in [1.29, 1.82) is 0 Å². The van der Waals surface area contributed by atoms with Gasteiger partial charge in [-0.05, 0) is 25.1 Å². The predicted molar refractivity (Wildman–Crippen MR) is 95.7 cm³/mol. The fourth-order valence-corrected chi connectivity index (χ4v) is 3.27. The first-order valence-electron chi connectivity index (χ1n) is 8.45. The Kier molecular flexibility index (Phi) is 4.01. The molecule has 1 aliphatic heterocycles. The summed E-state index contributed by atoms with van der Waals surface area (Å²) in [5, 5.41) is 4.60. The Hall–Kier alpha value is -2.67. The molecule has 0 aliphatic carbocycles. The van der Waals surface area contributed by atoms with Crippen LogP contribution in [0.3, 0.4) is 0 Å². The zero-order valence-electron chi connectivity index (χ0n) is 14.5. The Bertz CT molecular complexity index is 953. The Balaban J connectivity index is 1.46. The summed E-state index contributed by atoms with van der Waals surface area (Å²) in [4.78, 5) is 21.2. The maximum Gasteiger partial charge on any atom is 0.260 e. The highest BCUT2D eigenvalue weighted by molar-refractivity contribution is 5.81. The standard InChI is InChI=1S/C18H21N5O2/c1-13-9-15(25-20-13)11-22-5-7-23(8-6-22)14-3-4-16-17(10-14)19-12-21(2)18(16)24/h3-4,9-10,12H,5-8,11H2,1-2H3. The number of nitrogens with zero attached hydrogens (tertiary/aromatic N) is 5. The smallest absolute Gasteiger partial charge is 0.260 e. The quantitative estimate of drug-likeness (QED) is 0.721. The van der Waals surface area contributed by atoms with E-state index in [4.69, 9.17) is 4.52 Å². The molecule has 1 aromatic carbocycles. The van der Waals surface area contributed by atoms with Gasteiger partial charge in [-0.15, -0.1) is 0 Å². The number of aryl methyl sites for hydroxylation is 2. The summed E-state index contributed by atoms with van der Waals surface area (Å²) in [5.41, 5.74) is 2.77. The topological polar surface area (TPSA) is 67.4 Å². The molecule has 0 radical (unpaired) electrons. The van der Waals surface area contributed by atoms with Crippen LogP contribution in [0.5, 0.6) is 0 Å². The molecule has 0 unspecified atom stereocenters. The molecule has 0 saturated carbocycles. The highest BCUT2D eigenvalue weighted by atomic mass is 16.5. The number of aromatic nitrogens is 3. The zero-order valence-corrected chi connectivity index (χ0v) is 14.5. The monoisotopic (exact) mass is 339 g/mol. The van der Waals surface area contributed by atoms with Crippen molar-refractivity contribution >= 4 is 16.6 Å². The summed E-state index contributed by atoms with van der Waals surface area (Å²) in [6, 6.07) is 7.89. The molecule has 1 fully saturated rings. The minimum atomic E-state index is -0.0104. The molecule has 0 bridgehead atoms. The van der Waals surface area contributed by atoms with Crippen molar-refractivity contribution in [2.45, 2.75) is 13.5 Å². The number of hydrogen-bond donors (Lipinski definition) is 0. The van der Waals surface area contributed by atoms with Crippen molar-refractivity contribution in [3.8, 4) is 0 Å². The number of fused-ring (bicyclic) bond motifs is 1. The lowest BCUT2D eigenvalue weighted by molar-refractivity contribution is 0.219. The van der Waals surface area contributed by atoms with Crippen molar-refractivity contribution < 1.29 is 4.52 Å². The third-order valence-corrected chi connectivity index (χ3v) is 4.70. The first kappa shape index (κ1) is 15.8. The molecule has 0 N–H and O–H groups in total. The predicted octanol–water partition coefficient (Wildman–Crippen LogP) is 1.55. The van der Waals surface area contributed by atoms with Crippen molar-refractivity contribution in [3.05, 3.63) is 52.4 Å². The van der Waals surface area contributed by atoms with E-state index in [1.807, 2.05) is 31.2 Å². The maximum absolute atomic E-state index is 12.1. The molecule has 2 aromatic heterocycles. The highest BCUT2D eigenvalue weighted by Gasteiger charge is 2.19. The molecule has 0 atom stereocenters. The normalized spacial score (nSPS) is 15.8. The summed E-state index contributed by atoms with van der Waals surface area (Å²) < 4.78 is 6.81. The van der Waals surface area contributed by atoms with Crippen LogP contribution in [0.2, 0.25) is 0 Å². The van der Waals surface area contributed by atoms with Crippen LogP contribution in [0.1, 0.15) is 11.5 Å². The van der Waals surface area contributed by atoms with Gasteiger partial charge in [0.1, 0.15) is 0 Å². The van der Waals surface area contributed by atoms with E-state index >= 15 is 0 Å². The van der Waals surface area contributed by atoms with Gasteiger partial charge in [0.05, 0.1) is 29.5 Å². The van der Waals surface area contributed by atoms with Gasteiger partial charge in [-0.3, -0.25) is 9.69 Å². The van der Waals surface area contributed by atoms with Crippen LogP contribution in [-0.4, -0.2) is 45.8 Å². The van der Waals surface area contributed by atoms with Gasteiger partial charge in [0.2, 0.25) is 0 Å². The van der Waals surface area contributed by atoms with E-state index in [0.29, 0.717) is 5.39 Å². The summed E-state index contributed by atoms with van der Waals surface area (Å²) in [6.45, 7) is 6.52. The lowest BCUT2D eigenvalue weighted by atomic mass is 10.2. The van der Waals surface area contributed by atoms with Gasteiger partial charge in [-0.2, -0.15) is 0 Å². The number of anilines is 1. The molecule has 3 heterocycles. The van der Waals surface area contributed by atoms with E-state index in [-0.39, 0.29) is 5.56 Å². The summed E-state index contributed by atoms with van der Waals surface area (Å²) in [7, 11) is 1.72. The van der Waals surface area contributed by atoms with E-state index in [9.17, 15) is 4.79 Å². The largest absolute Gasteiger partial charge is 0.369 e. The lowest BCUT2D eigenvalue weighted by Gasteiger charge is -2.35. The number of rotatable bonds is 3. The third-order valence-electron chi connectivity index (χ3n) is 4.70. The Morgan fingerprint density at radius 2 is 1.96 bits per heavy atom. The van der Waals surface area contributed by atoms with E-state index in [0.717, 1.165) is 55.4 Å². The van der Waals surface area contributed by atoms with Gasteiger partial charge in [-0.1, -0.05) is 5.16 Å². The molecule has 3 aromatic rings. The zero-order chi connectivity index (χ0) is 17.4. The fraction of sp³-hybridized carbons (Fsp3) is 0.389. The van der Waals surface area contributed by atoms with E-state index in [1.165, 1.54) is 4.57 Å². The molecular weight excluding hydrogens is 318 g/mol. The van der Waals surface area contributed by atoms with Gasteiger partial charge in [0.15, 0.2) is 5.76 Å². The van der Waals surface area contributed by atoms with Crippen molar-refractivity contribution in [1.82, 2.24) is 19.6 Å². The molecular formula is C18H21N5O2. The van der Waals surface area contributed by atoms with Crippen molar-refractivity contribution in [2.75, 3.05) is 31.1 Å². The summed E-state index contributed by atoms with van der Waals surface area (Å²) >= 11 is 0. The van der Waals surface area contributed by atoms with Gasteiger partial charge in [-0.25, -0.2) is 4.98 Å². The van der Waals surface area contributed by atoms with E-state index in [2.05, 4.69) is 19.9 Å². The first-order chi connectivity index (χ1) is 12.1. The second-order valence-corrected chi connectivity index (χ2v) is 6.56. The van der Waals surface area contributed by atoms with Crippen LogP contribution in [0.15, 0.2) is 39.9 Å². The first-order valence-corrected chi connectivity index (χ1v) is 8.45. The Labute approximate surface area is 145 Å². The third kappa shape index (κ3) is 3.15. The minimum absolute atomic E-state index is 0.0104. The molecule has 1 aliphatic rings. The van der Waals surface area contributed by atoms with Gasteiger partial charge in [0.25, 0.3) is 5.56 Å². The summed E-state index contributed by atoms with van der Waals surface area (Å²) in [5.74, 6) is 0.914. The van der Waals surface area contributed by atoms with Gasteiger partial charge < -0.3 is 14.0 Å². The van der Waals surface area contributed by atoms with E-state index in [1.54, 1.807) is 13.4 Å². The molecule has 0 spiro atoms. The molecule has 0 amide bonds. The van der Waals surface area contributed by atoms with Crippen LogP contribution < -0.4 is 10.5 Å². The molecule has 7 heteroatoms. The lowest BCUT2D eigenvalue weighted by Crippen LogP contribution is -2.45. The van der Waals surface area contributed by atoms with E-state index < -0.39 is 0 Å². The second-order valence-electron chi connectivity index (χ2n) is 6.56. The second kappa shape index (κ2) is 6.33. The SMILES string of the molecule is Cc1cc(CN2CCN(c3ccc4c(=O)n(C)cnc4c3)CC2)on1. The Morgan fingerprint density at radius 3 is 2.68 bits per heavy atom. The number of benzene rings is 1. The fourth-order valence-electron chi connectivity index (χ4n) is 3.27. The number of piperazine rings is 1. The molecule has 130 valence electrons. The average molecular weight is 339 g/mol. The molecule has 4 rings (SSSR count). The van der Waals surface area contributed by atoms with Crippen LogP contribution in [0, 0.1) is 6.92 Å². The minimum Gasteiger partial charge on any atom is -0.369 e. The van der Waals surface area contributed by atoms with Crippen molar-refractivity contribution in [3.63, 3.8) is 0 Å². The average Bonchev–Trinajstić information content (AvgIpc) is 3.03. The van der Waals surface area contributed by atoms with Crippen LogP contribution >= 0.6 is 0 Å². The molecule has 1 saturated heterocycles. The molecule has 25 heavy (non-hydrogen) atoms.